The van der Waals surface area contributed by atoms with Crippen molar-refractivity contribution in [1.29, 1.82) is 0 Å². The number of nitrogens with one attached hydrogen (secondary N) is 2. The van der Waals surface area contributed by atoms with Crippen molar-refractivity contribution in [3.05, 3.63) is 16.3 Å². The van der Waals surface area contributed by atoms with E-state index in [-0.39, 0.29) is 16.5 Å². The Morgan fingerprint density at radius 1 is 1.45 bits per heavy atom. The molecule has 7 nitrogen and oxygen atoms in total. The van der Waals surface area contributed by atoms with Gasteiger partial charge >= 0.3 is 11.7 Å². The molecule has 0 aromatic heterocycles. The second kappa shape index (κ2) is 5.55. The number of hydrogen-bond donors (Lipinski definition) is 2. The number of aliphatic imine (C=N–C) groups is 1. The molecule has 7 heteroatoms. The average molecular weight is 307 g/mol. The van der Waals surface area contributed by atoms with Crippen LogP contribution in [0.5, 0.6) is 0 Å². The molecular weight excluding hydrogens is 282 g/mol. The summed E-state index contributed by atoms with van der Waals surface area (Å²) in [6, 6.07) is -0.378. The summed E-state index contributed by atoms with van der Waals surface area (Å²) in [7, 11) is 0. The van der Waals surface area contributed by atoms with Crippen LogP contribution in [0.25, 0.3) is 0 Å². The van der Waals surface area contributed by atoms with Crippen molar-refractivity contribution in [1.82, 2.24) is 10.6 Å². The highest BCUT2D eigenvalue weighted by Crippen LogP contribution is 2.36. The summed E-state index contributed by atoms with van der Waals surface area (Å²) in [5.41, 5.74) is 0.857. The van der Waals surface area contributed by atoms with E-state index < -0.39 is 0 Å². The van der Waals surface area contributed by atoms with Crippen molar-refractivity contribution in [2.24, 2.45) is 10.9 Å². The van der Waals surface area contributed by atoms with E-state index in [1.54, 1.807) is 0 Å². The van der Waals surface area contributed by atoms with Gasteiger partial charge in [-0.25, -0.2) is 9.79 Å². The Labute approximate surface area is 130 Å². The van der Waals surface area contributed by atoms with Crippen LogP contribution in [0.15, 0.2) is 16.4 Å². The maximum atomic E-state index is 13.0. The van der Waals surface area contributed by atoms with Crippen LogP contribution in [0.4, 0.5) is 0 Å². The van der Waals surface area contributed by atoms with Crippen LogP contribution in [-0.2, 0) is 4.79 Å². The number of nitrogens with zero attached hydrogens (tertiary/aromatic N) is 3. The Kier molecular flexibility index (Phi) is 3.86. The first-order valence-corrected chi connectivity index (χ1v) is 8.19. The largest absolute Gasteiger partial charge is 0.389 e. The normalized spacial score (nSPS) is 30.5. The Balaban J connectivity index is 1.98. The number of hydrogen-bond acceptors (Lipinski definition) is 5. The average Bonchev–Trinajstić information content (AvgIpc) is 2.91. The SMILES string of the molecule is CCC[N+]12C(=O)C(CCC(C)C)N=C1C1=C(NCNC1)[N+]2=O. The minimum absolute atomic E-state index is 0.0660. The lowest BCUT2D eigenvalue weighted by molar-refractivity contribution is -1.22. The molecule has 0 bridgehead atoms. The molecule has 22 heavy (non-hydrogen) atoms. The zero-order chi connectivity index (χ0) is 15.9. The molecule has 120 valence electrons. The van der Waals surface area contributed by atoms with E-state index in [1.165, 1.54) is 0 Å². The number of carbonyl (C=O) groups is 1. The minimum Gasteiger partial charge on any atom is -0.277 e. The quantitative estimate of drug-likeness (QED) is 0.588. The first-order chi connectivity index (χ1) is 10.5. The third-order valence-corrected chi connectivity index (χ3v) is 4.58. The van der Waals surface area contributed by atoms with E-state index in [2.05, 4.69) is 29.5 Å². The van der Waals surface area contributed by atoms with Gasteiger partial charge in [0.1, 0.15) is 13.2 Å². The molecule has 0 aromatic carbocycles. The Hall–Kier alpha value is -1.60. The zero-order valence-corrected chi connectivity index (χ0v) is 13.6. The second-order valence-electron chi connectivity index (χ2n) is 6.65. The van der Waals surface area contributed by atoms with Crippen LogP contribution < -0.4 is 10.6 Å². The van der Waals surface area contributed by atoms with Gasteiger partial charge < -0.3 is 0 Å². The molecule has 2 unspecified atom stereocenters. The van der Waals surface area contributed by atoms with Gasteiger partial charge in [0.25, 0.3) is 5.84 Å². The molecule has 0 radical (unpaired) electrons. The van der Waals surface area contributed by atoms with Crippen LogP contribution >= 0.6 is 0 Å². The predicted octanol–water partition coefficient (Wildman–Crippen LogP) is 1.03. The number of quaternary nitrogens is 1. The van der Waals surface area contributed by atoms with E-state index in [1.807, 2.05) is 6.92 Å². The van der Waals surface area contributed by atoms with Crippen LogP contribution in [0, 0.1) is 10.8 Å². The first-order valence-electron chi connectivity index (χ1n) is 8.19. The molecule has 0 fully saturated rings. The summed E-state index contributed by atoms with van der Waals surface area (Å²) < 4.78 is -0.265. The number of amides is 1. The topological polar surface area (TPSA) is 73.6 Å². The van der Waals surface area contributed by atoms with Crippen molar-refractivity contribution in [2.75, 3.05) is 19.8 Å². The Bertz CT molecular complexity index is 580. The molecule has 3 rings (SSSR count). The first kappa shape index (κ1) is 15.3. The lowest BCUT2D eigenvalue weighted by Crippen LogP contribution is -2.58. The third kappa shape index (κ3) is 2.03. The lowest BCUT2D eigenvalue weighted by atomic mass is 10.0. The molecule has 3 aliphatic heterocycles. The predicted molar refractivity (Wildman–Crippen MR) is 82.4 cm³/mol. The molecule has 0 saturated carbocycles. The maximum absolute atomic E-state index is 13.0. The van der Waals surface area contributed by atoms with E-state index in [0.29, 0.717) is 37.3 Å². The smallest absolute Gasteiger partial charge is 0.277 e. The number of fused-ring (bicyclic) bond motifs is 2. The highest BCUT2D eigenvalue weighted by Gasteiger charge is 2.68. The van der Waals surface area contributed by atoms with Crippen molar-refractivity contribution < 1.29 is 14.3 Å². The Morgan fingerprint density at radius 3 is 2.91 bits per heavy atom. The van der Waals surface area contributed by atoms with Crippen molar-refractivity contribution in [3.63, 3.8) is 0 Å². The van der Waals surface area contributed by atoms with Gasteiger partial charge in [0, 0.05) is 6.54 Å². The highest BCUT2D eigenvalue weighted by molar-refractivity contribution is 6.05. The second-order valence-corrected chi connectivity index (χ2v) is 6.65. The molecule has 1 amide bonds. The molecule has 0 spiro atoms. The number of nitroso groups, excluding NO2 is 1. The fourth-order valence-electron chi connectivity index (χ4n) is 3.50. The molecule has 0 aromatic rings. The number of amidine groups is 1. The Morgan fingerprint density at radius 2 is 2.23 bits per heavy atom. The summed E-state index contributed by atoms with van der Waals surface area (Å²) in [6.07, 6.45) is 2.43. The molecule has 0 saturated heterocycles. The molecular formula is C15H25N5O2+2. The van der Waals surface area contributed by atoms with Gasteiger partial charge in [-0.2, -0.15) is 0 Å². The standard InChI is InChI=1S/C15H25N5O2/c1-4-7-20-14(11-8-16-9-17-13(11)19(20)22)18-12(15(20)21)6-5-10(2)3/h10,12,16-17H,4-9H2,1-3H3/q+2. The van der Waals surface area contributed by atoms with Gasteiger partial charge in [-0.05, 0) is 34.7 Å². The van der Waals surface area contributed by atoms with E-state index >= 15 is 0 Å². The van der Waals surface area contributed by atoms with Crippen molar-refractivity contribution in [3.8, 4) is 0 Å². The summed E-state index contributed by atoms with van der Waals surface area (Å²) in [5, 5.41) is 6.25. The van der Waals surface area contributed by atoms with Gasteiger partial charge in [-0.1, -0.05) is 20.8 Å². The third-order valence-electron chi connectivity index (χ3n) is 4.58. The van der Waals surface area contributed by atoms with E-state index in [0.717, 1.165) is 29.7 Å². The van der Waals surface area contributed by atoms with E-state index in [4.69, 9.17) is 0 Å². The minimum atomic E-state index is -0.378. The van der Waals surface area contributed by atoms with Crippen LogP contribution in [0.3, 0.4) is 0 Å². The fraction of sp³-hybridized carbons (Fsp3) is 0.733. The van der Waals surface area contributed by atoms with Gasteiger partial charge in [-0.15, -0.1) is 0 Å². The summed E-state index contributed by atoms with van der Waals surface area (Å²) in [4.78, 5) is 31.4. The van der Waals surface area contributed by atoms with Gasteiger partial charge in [-0.3, -0.25) is 10.6 Å². The van der Waals surface area contributed by atoms with Crippen molar-refractivity contribution in [2.45, 2.75) is 46.1 Å². The summed E-state index contributed by atoms with van der Waals surface area (Å²) >= 11 is 0. The molecule has 2 atom stereocenters. The number of carbonyl (C=O) groups excluding carboxylic acids is 1. The number of rotatable bonds is 5. The van der Waals surface area contributed by atoms with Crippen LogP contribution in [0.2, 0.25) is 0 Å². The molecule has 3 heterocycles. The van der Waals surface area contributed by atoms with Gasteiger partial charge in [0.2, 0.25) is 0 Å². The lowest BCUT2D eigenvalue weighted by Gasteiger charge is -2.20. The summed E-state index contributed by atoms with van der Waals surface area (Å²) in [6.45, 7) is 7.89. The van der Waals surface area contributed by atoms with Gasteiger partial charge in [0.05, 0.1) is 0 Å². The van der Waals surface area contributed by atoms with Crippen LogP contribution in [-0.4, -0.2) is 47.0 Å². The fourth-order valence-corrected chi connectivity index (χ4v) is 3.50. The highest BCUT2D eigenvalue weighted by atomic mass is 16.4. The summed E-state index contributed by atoms with van der Waals surface area (Å²) in [5.74, 6) is 1.63. The zero-order valence-electron chi connectivity index (χ0n) is 13.6. The van der Waals surface area contributed by atoms with Crippen molar-refractivity contribution >= 4 is 11.7 Å². The van der Waals surface area contributed by atoms with E-state index in [9.17, 15) is 9.70 Å². The molecule has 2 N–H and O–H groups in total. The van der Waals surface area contributed by atoms with Gasteiger partial charge in [0.15, 0.2) is 16.5 Å². The monoisotopic (exact) mass is 307 g/mol. The maximum Gasteiger partial charge on any atom is 0.389 e. The molecule has 0 aliphatic carbocycles. The van der Waals surface area contributed by atoms with Crippen LogP contribution in [0.1, 0.15) is 40.0 Å². The molecule has 3 aliphatic rings.